The number of benzene rings is 1. The number of carbonyl (C=O) groups excluding carboxylic acids is 1. The molecule has 1 aromatic rings. The summed E-state index contributed by atoms with van der Waals surface area (Å²) < 4.78 is 15.8. The first kappa shape index (κ1) is 9.64. The Balaban J connectivity index is 2.52. The second-order valence-corrected chi connectivity index (χ2v) is 3.07. The van der Waals surface area contributed by atoms with Gasteiger partial charge >= 0.3 is 0 Å². The van der Waals surface area contributed by atoms with Crippen molar-refractivity contribution >= 4 is 5.91 Å². The van der Waals surface area contributed by atoms with Gasteiger partial charge in [0, 0.05) is 5.56 Å². The van der Waals surface area contributed by atoms with Crippen LogP contribution in [0, 0.1) is 0 Å². The van der Waals surface area contributed by atoms with Crippen molar-refractivity contribution in [3.8, 4) is 17.2 Å². The zero-order valence-electron chi connectivity index (χ0n) is 8.28. The van der Waals surface area contributed by atoms with E-state index in [1.807, 2.05) is 0 Å². The standard InChI is InChI=1S/C10H11NO4/c1-13-7-4-6(10(11)12)5-8-9(7)15-3-2-14-8/h4-5H,2-3H2,1H3,(H2,11,12). The van der Waals surface area contributed by atoms with Gasteiger partial charge in [-0.05, 0) is 12.1 Å². The van der Waals surface area contributed by atoms with E-state index in [9.17, 15) is 4.79 Å². The highest BCUT2D eigenvalue weighted by atomic mass is 16.6. The van der Waals surface area contributed by atoms with E-state index in [0.29, 0.717) is 36.0 Å². The largest absolute Gasteiger partial charge is 0.493 e. The topological polar surface area (TPSA) is 70.8 Å². The van der Waals surface area contributed by atoms with Crippen LogP contribution in [-0.2, 0) is 0 Å². The molecule has 2 N–H and O–H groups in total. The number of rotatable bonds is 2. The van der Waals surface area contributed by atoms with Gasteiger partial charge in [-0.1, -0.05) is 0 Å². The maximum absolute atomic E-state index is 11.0. The summed E-state index contributed by atoms with van der Waals surface area (Å²) >= 11 is 0. The summed E-state index contributed by atoms with van der Waals surface area (Å²) in [4.78, 5) is 11.0. The highest BCUT2D eigenvalue weighted by Crippen LogP contribution is 2.40. The van der Waals surface area contributed by atoms with Crippen LogP contribution in [0.15, 0.2) is 12.1 Å². The Kier molecular flexibility index (Phi) is 2.37. The van der Waals surface area contributed by atoms with E-state index in [1.165, 1.54) is 13.2 Å². The lowest BCUT2D eigenvalue weighted by atomic mass is 10.1. The van der Waals surface area contributed by atoms with Crippen LogP contribution >= 0.6 is 0 Å². The molecule has 0 saturated carbocycles. The highest BCUT2D eigenvalue weighted by Gasteiger charge is 2.19. The van der Waals surface area contributed by atoms with Crippen LogP contribution in [0.4, 0.5) is 0 Å². The molecule has 0 aromatic heterocycles. The maximum Gasteiger partial charge on any atom is 0.248 e. The minimum absolute atomic E-state index is 0.344. The number of methoxy groups -OCH3 is 1. The fourth-order valence-electron chi connectivity index (χ4n) is 1.42. The Labute approximate surface area is 86.7 Å². The minimum atomic E-state index is -0.523. The molecule has 1 aliphatic heterocycles. The maximum atomic E-state index is 11.0. The van der Waals surface area contributed by atoms with Crippen LogP contribution in [0.5, 0.6) is 17.2 Å². The van der Waals surface area contributed by atoms with Crippen LogP contribution in [0.3, 0.4) is 0 Å². The summed E-state index contributed by atoms with van der Waals surface area (Å²) in [7, 11) is 1.50. The molecule has 5 heteroatoms. The fraction of sp³-hybridized carbons (Fsp3) is 0.300. The van der Waals surface area contributed by atoms with E-state index in [2.05, 4.69) is 0 Å². The van der Waals surface area contributed by atoms with Gasteiger partial charge < -0.3 is 19.9 Å². The number of fused-ring (bicyclic) bond motifs is 1. The zero-order valence-corrected chi connectivity index (χ0v) is 8.28. The summed E-state index contributed by atoms with van der Waals surface area (Å²) in [6, 6.07) is 3.09. The van der Waals surface area contributed by atoms with E-state index in [-0.39, 0.29) is 0 Å². The van der Waals surface area contributed by atoms with E-state index < -0.39 is 5.91 Å². The van der Waals surface area contributed by atoms with Crippen molar-refractivity contribution in [3.63, 3.8) is 0 Å². The normalized spacial score (nSPS) is 13.4. The predicted molar refractivity (Wildman–Crippen MR) is 52.5 cm³/mol. The first-order valence-electron chi connectivity index (χ1n) is 4.50. The molecule has 0 atom stereocenters. The SMILES string of the molecule is COc1cc(C(N)=O)cc2c1OCCO2. The average Bonchev–Trinajstić information content (AvgIpc) is 2.27. The predicted octanol–water partition coefficient (Wildman–Crippen LogP) is 0.565. The third-order valence-electron chi connectivity index (χ3n) is 2.11. The van der Waals surface area contributed by atoms with Crippen molar-refractivity contribution < 1.29 is 19.0 Å². The minimum Gasteiger partial charge on any atom is -0.493 e. The number of carbonyl (C=O) groups is 1. The summed E-state index contributed by atoms with van der Waals surface area (Å²) in [5, 5.41) is 0. The molecule has 0 bridgehead atoms. The van der Waals surface area contributed by atoms with Crippen molar-refractivity contribution in [1.29, 1.82) is 0 Å². The highest BCUT2D eigenvalue weighted by molar-refractivity contribution is 5.94. The monoisotopic (exact) mass is 209 g/mol. The first-order chi connectivity index (χ1) is 7.22. The third kappa shape index (κ3) is 1.68. The number of primary amides is 1. The van der Waals surface area contributed by atoms with Crippen molar-refractivity contribution in [2.24, 2.45) is 5.73 Å². The van der Waals surface area contributed by atoms with Gasteiger partial charge in [0.25, 0.3) is 0 Å². The first-order valence-corrected chi connectivity index (χ1v) is 4.50. The van der Waals surface area contributed by atoms with E-state index in [1.54, 1.807) is 6.07 Å². The molecule has 0 aliphatic carbocycles. The van der Waals surface area contributed by atoms with Crippen molar-refractivity contribution in [3.05, 3.63) is 17.7 Å². The smallest absolute Gasteiger partial charge is 0.248 e. The lowest BCUT2D eigenvalue weighted by Gasteiger charge is -2.20. The quantitative estimate of drug-likeness (QED) is 0.772. The number of hydrogen-bond acceptors (Lipinski definition) is 4. The van der Waals surface area contributed by atoms with Crippen molar-refractivity contribution in [2.45, 2.75) is 0 Å². The zero-order chi connectivity index (χ0) is 10.8. The molecule has 0 fully saturated rings. The molecule has 5 nitrogen and oxygen atoms in total. The Bertz CT molecular complexity index is 385. The molecule has 1 amide bonds. The summed E-state index contributed by atoms with van der Waals surface area (Å²) in [5.74, 6) is 0.953. The molecular formula is C10H11NO4. The molecule has 15 heavy (non-hydrogen) atoms. The Hall–Kier alpha value is -1.91. The molecule has 1 aliphatic rings. The Morgan fingerprint density at radius 2 is 2.13 bits per heavy atom. The Morgan fingerprint density at radius 1 is 1.40 bits per heavy atom. The van der Waals surface area contributed by atoms with Crippen LogP contribution in [0.1, 0.15) is 10.4 Å². The van der Waals surface area contributed by atoms with E-state index >= 15 is 0 Å². The van der Waals surface area contributed by atoms with Gasteiger partial charge in [0.05, 0.1) is 7.11 Å². The second-order valence-electron chi connectivity index (χ2n) is 3.07. The number of amides is 1. The van der Waals surface area contributed by atoms with Crippen molar-refractivity contribution in [1.82, 2.24) is 0 Å². The van der Waals surface area contributed by atoms with Gasteiger partial charge in [-0.3, -0.25) is 4.79 Å². The molecule has 80 valence electrons. The van der Waals surface area contributed by atoms with Gasteiger partial charge in [0.1, 0.15) is 13.2 Å². The van der Waals surface area contributed by atoms with Gasteiger partial charge in [0.2, 0.25) is 11.7 Å². The molecule has 0 spiro atoms. The van der Waals surface area contributed by atoms with Crippen LogP contribution in [-0.4, -0.2) is 26.2 Å². The molecule has 1 aromatic carbocycles. The second kappa shape index (κ2) is 3.68. The number of ether oxygens (including phenoxy) is 3. The summed E-state index contributed by atoms with van der Waals surface area (Å²) in [5.41, 5.74) is 5.52. The lowest BCUT2D eigenvalue weighted by molar-refractivity contribution is 0.0998. The van der Waals surface area contributed by atoms with E-state index in [4.69, 9.17) is 19.9 Å². The van der Waals surface area contributed by atoms with Gasteiger partial charge in [0.15, 0.2) is 11.5 Å². The lowest BCUT2D eigenvalue weighted by Crippen LogP contribution is -2.18. The van der Waals surface area contributed by atoms with Crippen LogP contribution < -0.4 is 19.9 Å². The van der Waals surface area contributed by atoms with Crippen LogP contribution in [0.25, 0.3) is 0 Å². The molecular weight excluding hydrogens is 198 g/mol. The number of hydrogen-bond donors (Lipinski definition) is 1. The van der Waals surface area contributed by atoms with Gasteiger partial charge in [-0.2, -0.15) is 0 Å². The summed E-state index contributed by atoms with van der Waals surface area (Å²) in [6.45, 7) is 0.928. The third-order valence-corrected chi connectivity index (χ3v) is 2.11. The average molecular weight is 209 g/mol. The molecule has 2 rings (SSSR count). The van der Waals surface area contributed by atoms with Crippen LogP contribution in [0.2, 0.25) is 0 Å². The van der Waals surface area contributed by atoms with Gasteiger partial charge in [-0.15, -0.1) is 0 Å². The number of nitrogens with two attached hydrogens (primary N) is 1. The fourth-order valence-corrected chi connectivity index (χ4v) is 1.42. The molecule has 0 saturated heterocycles. The van der Waals surface area contributed by atoms with Gasteiger partial charge in [-0.25, -0.2) is 0 Å². The molecule has 0 unspecified atom stereocenters. The summed E-state index contributed by atoms with van der Waals surface area (Å²) in [6.07, 6.45) is 0. The van der Waals surface area contributed by atoms with E-state index in [0.717, 1.165) is 0 Å². The Morgan fingerprint density at radius 3 is 2.80 bits per heavy atom. The molecule has 0 radical (unpaired) electrons. The van der Waals surface area contributed by atoms with Crippen molar-refractivity contribution in [2.75, 3.05) is 20.3 Å². The molecule has 1 heterocycles.